The van der Waals surface area contributed by atoms with Crippen LogP contribution in [0.1, 0.15) is 6.92 Å². The molecule has 1 N–H and O–H groups in total. The maximum Gasteiger partial charge on any atom is 0.239 e. The number of hydrogen-bond donors (Lipinski definition) is 1. The van der Waals surface area contributed by atoms with Crippen LogP contribution in [0, 0.1) is 11.6 Å². The first-order chi connectivity index (χ1) is 9.97. The summed E-state index contributed by atoms with van der Waals surface area (Å²) in [5, 5.41) is 2.55. The normalized spacial score (nSPS) is 11.8. The molecule has 4 nitrogen and oxygen atoms in total. The summed E-state index contributed by atoms with van der Waals surface area (Å²) in [5.74, 6) is -1.89. The number of para-hydroxylation sites is 1. The standard InChI is InChI=1S/C14H11BrF2N2O2/c1-8(15)14(20)19-12-6-5-9(7-18-12)21-13-10(16)3-2-4-11(13)17/h2-8H,1H3,(H,18,19,20). The number of nitrogens with zero attached hydrogens (tertiary/aromatic N) is 1. The molecule has 0 saturated heterocycles. The zero-order chi connectivity index (χ0) is 15.4. The number of nitrogens with one attached hydrogen (secondary N) is 1. The molecule has 1 aromatic heterocycles. The lowest BCUT2D eigenvalue weighted by molar-refractivity contribution is -0.115. The number of carbonyl (C=O) groups excluding carboxylic acids is 1. The van der Waals surface area contributed by atoms with Gasteiger partial charge in [0.1, 0.15) is 11.6 Å². The van der Waals surface area contributed by atoms with Gasteiger partial charge >= 0.3 is 0 Å². The van der Waals surface area contributed by atoms with Crippen molar-refractivity contribution in [3.8, 4) is 11.5 Å². The Kier molecular flexibility index (Phi) is 4.85. The number of ether oxygens (including phenoxy) is 1. The highest BCUT2D eigenvalue weighted by Gasteiger charge is 2.12. The molecule has 1 amide bonds. The summed E-state index contributed by atoms with van der Waals surface area (Å²) in [4.78, 5) is 15.0. The minimum atomic E-state index is -0.805. The molecule has 1 heterocycles. The second-order valence-corrected chi connectivity index (χ2v) is 5.51. The molecule has 7 heteroatoms. The lowest BCUT2D eigenvalue weighted by atomic mass is 10.3. The van der Waals surface area contributed by atoms with Crippen molar-refractivity contribution >= 4 is 27.7 Å². The van der Waals surface area contributed by atoms with Crippen molar-refractivity contribution in [2.45, 2.75) is 11.8 Å². The van der Waals surface area contributed by atoms with Crippen molar-refractivity contribution in [2.24, 2.45) is 0 Å². The van der Waals surface area contributed by atoms with Gasteiger partial charge in [-0.1, -0.05) is 22.0 Å². The highest BCUT2D eigenvalue weighted by molar-refractivity contribution is 9.10. The second-order valence-electron chi connectivity index (χ2n) is 4.14. The van der Waals surface area contributed by atoms with Crippen LogP contribution in [0.15, 0.2) is 36.5 Å². The summed E-state index contributed by atoms with van der Waals surface area (Å²) < 4.78 is 32.0. The fourth-order valence-corrected chi connectivity index (χ4v) is 1.55. The number of pyridine rings is 1. The number of halogens is 3. The molecule has 2 aromatic rings. The summed E-state index contributed by atoms with van der Waals surface area (Å²) >= 11 is 3.12. The van der Waals surface area contributed by atoms with Gasteiger partial charge in [-0.05, 0) is 31.2 Å². The summed E-state index contributed by atoms with van der Waals surface area (Å²) in [7, 11) is 0. The molecular formula is C14H11BrF2N2O2. The molecule has 1 atom stereocenters. The molecule has 1 unspecified atom stereocenters. The van der Waals surface area contributed by atoms with Gasteiger partial charge < -0.3 is 10.1 Å². The number of carbonyl (C=O) groups is 1. The van der Waals surface area contributed by atoms with Crippen LogP contribution in [0.25, 0.3) is 0 Å². The largest absolute Gasteiger partial charge is 0.450 e. The monoisotopic (exact) mass is 356 g/mol. The van der Waals surface area contributed by atoms with Crippen molar-refractivity contribution in [3.05, 3.63) is 48.2 Å². The average Bonchev–Trinajstić information content (AvgIpc) is 2.44. The van der Waals surface area contributed by atoms with Gasteiger partial charge in [-0.2, -0.15) is 0 Å². The number of alkyl halides is 1. The Morgan fingerprint density at radius 2 is 1.95 bits per heavy atom. The molecule has 21 heavy (non-hydrogen) atoms. The first kappa shape index (κ1) is 15.4. The third-order valence-corrected chi connectivity index (χ3v) is 2.90. The molecule has 0 aliphatic heterocycles. The van der Waals surface area contributed by atoms with Gasteiger partial charge in [0, 0.05) is 0 Å². The Bertz CT molecular complexity index is 628. The second kappa shape index (κ2) is 6.62. The SMILES string of the molecule is CC(Br)C(=O)Nc1ccc(Oc2c(F)cccc2F)cn1. The molecular weight excluding hydrogens is 346 g/mol. The first-order valence-corrected chi connectivity index (χ1v) is 6.92. The molecule has 2 rings (SSSR count). The predicted molar refractivity (Wildman–Crippen MR) is 77.7 cm³/mol. The predicted octanol–water partition coefficient (Wildman–Crippen LogP) is 3.87. The van der Waals surface area contributed by atoms with Crippen molar-refractivity contribution in [1.82, 2.24) is 4.98 Å². The Labute approximate surface area is 128 Å². The Morgan fingerprint density at radius 3 is 2.48 bits per heavy atom. The van der Waals surface area contributed by atoms with Crippen LogP contribution >= 0.6 is 15.9 Å². The smallest absolute Gasteiger partial charge is 0.239 e. The van der Waals surface area contributed by atoms with Crippen molar-refractivity contribution in [1.29, 1.82) is 0 Å². The van der Waals surface area contributed by atoms with Crippen LogP contribution in [-0.2, 0) is 4.79 Å². The van der Waals surface area contributed by atoms with Crippen molar-refractivity contribution < 1.29 is 18.3 Å². The van der Waals surface area contributed by atoms with Crippen molar-refractivity contribution in [3.63, 3.8) is 0 Å². The highest BCUT2D eigenvalue weighted by atomic mass is 79.9. The Hall–Kier alpha value is -2.02. The average molecular weight is 357 g/mol. The number of rotatable bonds is 4. The van der Waals surface area contributed by atoms with E-state index in [0.717, 1.165) is 12.1 Å². The van der Waals surface area contributed by atoms with Gasteiger partial charge in [-0.15, -0.1) is 0 Å². The molecule has 0 aliphatic rings. The maximum absolute atomic E-state index is 13.4. The van der Waals surface area contributed by atoms with Crippen LogP contribution in [0.4, 0.5) is 14.6 Å². The van der Waals surface area contributed by atoms with Gasteiger partial charge in [0.2, 0.25) is 5.91 Å². The topological polar surface area (TPSA) is 51.2 Å². The minimum Gasteiger partial charge on any atom is -0.450 e. The zero-order valence-corrected chi connectivity index (χ0v) is 12.5. The number of anilines is 1. The van der Waals surface area contributed by atoms with E-state index in [-0.39, 0.29) is 16.5 Å². The van der Waals surface area contributed by atoms with Gasteiger partial charge in [-0.25, -0.2) is 13.8 Å². The van der Waals surface area contributed by atoms with E-state index in [2.05, 4.69) is 26.2 Å². The first-order valence-electron chi connectivity index (χ1n) is 6.00. The minimum absolute atomic E-state index is 0.156. The fraction of sp³-hybridized carbons (Fsp3) is 0.143. The number of aromatic nitrogens is 1. The van der Waals surface area contributed by atoms with E-state index in [1.54, 1.807) is 6.92 Å². The van der Waals surface area contributed by atoms with E-state index < -0.39 is 17.4 Å². The molecule has 0 saturated carbocycles. The quantitative estimate of drug-likeness (QED) is 0.846. The Balaban J connectivity index is 2.11. The van der Waals surface area contributed by atoms with E-state index in [0.29, 0.717) is 5.82 Å². The molecule has 1 aromatic carbocycles. The van der Waals surface area contributed by atoms with Gasteiger partial charge in [-0.3, -0.25) is 4.79 Å². The van der Waals surface area contributed by atoms with Crippen LogP contribution in [0.5, 0.6) is 11.5 Å². The molecule has 0 fully saturated rings. The van der Waals surface area contributed by atoms with Crippen LogP contribution < -0.4 is 10.1 Å². The van der Waals surface area contributed by atoms with Crippen molar-refractivity contribution in [2.75, 3.05) is 5.32 Å². The molecule has 0 spiro atoms. The number of hydrogen-bond acceptors (Lipinski definition) is 3. The summed E-state index contributed by atoms with van der Waals surface area (Å²) in [6, 6.07) is 6.36. The number of benzene rings is 1. The lowest BCUT2D eigenvalue weighted by Crippen LogP contribution is -2.20. The third-order valence-electron chi connectivity index (χ3n) is 2.49. The molecule has 0 bridgehead atoms. The van der Waals surface area contributed by atoms with E-state index in [4.69, 9.17) is 4.74 Å². The molecule has 0 radical (unpaired) electrons. The third kappa shape index (κ3) is 3.98. The lowest BCUT2D eigenvalue weighted by Gasteiger charge is -2.09. The van der Waals surface area contributed by atoms with Gasteiger partial charge in [0.15, 0.2) is 17.4 Å². The van der Waals surface area contributed by atoms with Crippen LogP contribution in [0.2, 0.25) is 0 Å². The molecule has 110 valence electrons. The summed E-state index contributed by atoms with van der Waals surface area (Å²) in [6.45, 7) is 1.67. The summed E-state index contributed by atoms with van der Waals surface area (Å²) in [5.41, 5.74) is 0. The van der Waals surface area contributed by atoms with E-state index in [1.165, 1.54) is 24.4 Å². The van der Waals surface area contributed by atoms with Crippen LogP contribution in [0.3, 0.4) is 0 Å². The zero-order valence-electron chi connectivity index (χ0n) is 10.9. The molecule has 0 aliphatic carbocycles. The van der Waals surface area contributed by atoms with E-state index >= 15 is 0 Å². The van der Waals surface area contributed by atoms with Crippen LogP contribution in [-0.4, -0.2) is 15.7 Å². The number of amides is 1. The Morgan fingerprint density at radius 1 is 1.29 bits per heavy atom. The van der Waals surface area contributed by atoms with Gasteiger partial charge in [0.25, 0.3) is 0 Å². The van der Waals surface area contributed by atoms with E-state index in [9.17, 15) is 13.6 Å². The van der Waals surface area contributed by atoms with Gasteiger partial charge in [0.05, 0.1) is 11.0 Å². The van der Waals surface area contributed by atoms with E-state index in [1.807, 2.05) is 0 Å². The fourth-order valence-electron chi connectivity index (χ4n) is 1.44. The summed E-state index contributed by atoms with van der Waals surface area (Å²) in [6.07, 6.45) is 1.26. The maximum atomic E-state index is 13.4. The highest BCUT2D eigenvalue weighted by Crippen LogP contribution is 2.27.